The third-order valence-electron chi connectivity index (χ3n) is 2.68. The van der Waals surface area contributed by atoms with E-state index in [0.29, 0.717) is 6.04 Å². The molecule has 0 bridgehead atoms. The Kier molecular flexibility index (Phi) is 5.04. The van der Waals surface area contributed by atoms with E-state index in [4.69, 9.17) is 0 Å². The number of nitrogens with one attached hydrogen (secondary N) is 1. The molecule has 1 unspecified atom stereocenters. The molecule has 0 saturated heterocycles. The molecular weight excluding hydrogens is 188 g/mol. The van der Waals surface area contributed by atoms with Crippen LogP contribution in [0.15, 0.2) is 18.6 Å². The maximum Gasteiger partial charge on any atom is 0.144 e. The molecule has 4 nitrogen and oxygen atoms in total. The predicted molar refractivity (Wildman–Crippen MR) is 62.9 cm³/mol. The van der Waals surface area contributed by atoms with E-state index in [1.807, 2.05) is 0 Å². The van der Waals surface area contributed by atoms with Crippen LogP contribution in [0.4, 0.5) is 5.82 Å². The maximum atomic E-state index is 4.15. The van der Waals surface area contributed by atoms with Crippen molar-refractivity contribution < 1.29 is 0 Å². The van der Waals surface area contributed by atoms with Gasteiger partial charge in [0.25, 0.3) is 0 Å². The molecule has 0 aliphatic heterocycles. The summed E-state index contributed by atoms with van der Waals surface area (Å²) >= 11 is 0. The molecule has 0 saturated carbocycles. The topological polar surface area (TPSA) is 41.0 Å². The molecule has 0 amide bonds. The molecule has 0 aromatic carbocycles. The summed E-state index contributed by atoms with van der Waals surface area (Å²) in [5, 5.41) is 3.24. The minimum Gasteiger partial charge on any atom is -0.368 e. The van der Waals surface area contributed by atoms with Gasteiger partial charge in [0.2, 0.25) is 0 Å². The fraction of sp³-hybridized carbons (Fsp3) is 0.636. The van der Waals surface area contributed by atoms with Gasteiger partial charge in [-0.25, -0.2) is 4.98 Å². The van der Waals surface area contributed by atoms with Crippen LogP contribution in [0.1, 0.15) is 20.3 Å². The van der Waals surface area contributed by atoms with Gasteiger partial charge < -0.3 is 10.2 Å². The summed E-state index contributed by atoms with van der Waals surface area (Å²) in [4.78, 5) is 10.5. The first kappa shape index (κ1) is 11.9. The quantitative estimate of drug-likeness (QED) is 0.771. The van der Waals surface area contributed by atoms with E-state index in [0.717, 1.165) is 18.9 Å². The van der Waals surface area contributed by atoms with E-state index in [1.54, 1.807) is 18.6 Å². The van der Waals surface area contributed by atoms with Crippen LogP contribution in [0.5, 0.6) is 0 Å². The van der Waals surface area contributed by atoms with Crippen LogP contribution in [-0.4, -0.2) is 41.0 Å². The highest BCUT2D eigenvalue weighted by molar-refractivity contribution is 5.29. The first-order valence-corrected chi connectivity index (χ1v) is 5.44. The van der Waals surface area contributed by atoms with E-state index < -0.39 is 0 Å². The Bertz CT molecular complexity index is 263. The zero-order valence-electron chi connectivity index (χ0n) is 9.77. The monoisotopic (exact) mass is 208 g/mol. The Hall–Kier alpha value is -1.16. The Labute approximate surface area is 91.7 Å². The van der Waals surface area contributed by atoms with Crippen molar-refractivity contribution in [3.8, 4) is 0 Å². The SMILES string of the molecule is CCC(C)N(C)CCNc1cnccn1. The van der Waals surface area contributed by atoms with Crippen molar-refractivity contribution >= 4 is 5.82 Å². The Morgan fingerprint density at radius 1 is 1.47 bits per heavy atom. The summed E-state index contributed by atoms with van der Waals surface area (Å²) in [6.45, 7) is 6.37. The van der Waals surface area contributed by atoms with Gasteiger partial charge in [-0.2, -0.15) is 0 Å². The average Bonchev–Trinajstić information content (AvgIpc) is 2.29. The van der Waals surface area contributed by atoms with Crippen molar-refractivity contribution in [2.24, 2.45) is 0 Å². The van der Waals surface area contributed by atoms with Gasteiger partial charge in [0.15, 0.2) is 0 Å². The molecule has 0 radical (unpaired) electrons. The molecule has 15 heavy (non-hydrogen) atoms. The molecule has 0 fully saturated rings. The number of hydrogen-bond donors (Lipinski definition) is 1. The summed E-state index contributed by atoms with van der Waals surface area (Å²) in [6, 6.07) is 0.633. The number of anilines is 1. The molecule has 0 aliphatic carbocycles. The van der Waals surface area contributed by atoms with Crippen LogP contribution in [0.3, 0.4) is 0 Å². The lowest BCUT2D eigenvalue weighted by Crippen LogP contribution is -2.32. The third-order valence-corrected chi connectivity index (χ3v) is 2.68. The third kappa shape index (κ3) is 4.25. The lowest BCUT2D eigenvalue weighted by atomic mass is 10.2. The van der Waals surface area contributed by atoms with Crippen LogP contribution >= 0.6 is 0 Å². The van der Waals surface area contributed by atoms with E-state index in [9.17, 15) is 0 Å². The Balaban J connectivity index is 2.22. The first-order chi connectivity index (χ1) is 7.24. The Morgan fingerprint density at radius 3 is 2.87 bits per heavy atom. The fourth-order valence-corrected chi connectivity index (χ4v) is 1.28. The molecule has 1 rings (SSSR count). The van der Waals surface area contributed by atoms with Crippen LogP contribution in [0.2, 0.25) is 0 Å². The van der Waals surface area contributed by atoms with Gasteiger partial charge in [-0.05, 0) is 20.4 Å². The van der Waals surface area contributed by atoms with Crippen molar-refractivity contribution in [3.63, 3.8) is 0 Å². The summed E-state index contributed by atoms with van der Waals surface area (Å²) in [6.07, 6.45) is 6.29. The van der Waals surface area contributed by atoms with Gasteiger partial charge in [0.1, 0.15) is 5.82 Å². The largest absolute Gasteiger partial charge is 0.368 e. The van der Waals surface area contributed by atoms with Gasteiger partial charge in [-0.1, -0.05) is 6.92 Å². The summed E-state index contributed by atoms with van der Waals surface area (Å²) in [7, 11) is 2.15. The second-order valence-electron chi connectivity index (χ2n) is 3.76. The summed E-state index contributed by atoms with van der Waals surface area (Å²) in [5.41, 5.74) is 0. The highest BCUT2D eigenvalue weighted by atomic mass is 15.1. The number of nitrogens with zero attached hydrogens (tertiary/aromatic N) is 3. The van der Waals surface area contributed by atoms with Crippen LogP contribution in [-0.2, 0) is 0 Å². The maximum absolute atomic E-state index is 4.15. The molecule has 4 heteroatoms. The predicted octanol–water partition coefficient (Wildman–Crippen LogP) is 1.62. The minimum absolute atomic E-state index is 0.633. The lowest BCUT2D eigenvalue weighted by Gasteiger charge is -2.23. The molecule has 0 spiro atoms. The van der Waals surface area contributed by atoms with Crippen molar-refractivity contribution in [3.05, 3.63) is 18.6 Å². The van der Waals surface area contributed by atoms with Crippen LogP contribution in [0, 0.1) is 0 Å². The van der Waals surface area contributed by atoms with Crippen molar-refractivity contribution in [1.82, 2.24) is 14.9 Å². The van der Waals surface area contributed by atoms with E-state index in [-0.39, 0.29) is 0 Å². The van der Waals surface area contributed by atoms with Gasteiger partial charge >= 0.3 is 0 Å². The van der Waals surface area contributed by atoms with Crippen LogP contribution in [0.25, 0.3) is 0 Å². The second kappa shape index (κ2) is 6.35. The molecule has 84 valence electrons. The highest BCUT2D eigenvalue weighted by Crippen LogP contribution is 2.00. The zero-order chi connectivity index (χ0) is 11.1. The van der Waals surface area contributed by atoms with Crippen molar-refractivity contribution in [2.75, 3.05) is 25.5 Å². The molecule has 1 aromatic heterocycles. The van der Waals surface area contributed by atoms with Crippen molar-refractivity contribution in [1.29, 1.82) is 0 Å². The van der Waals surface area contributed by atoms with Crippen molar-refractivity contribution in [2.45, 2.75) is 26.3 Å². The minimum atomic E-state index is 0.633. The smallest absolute Gasteiger partial charge is 0.144 e. The van der Waals surface area contributed by atoms with Gasteiger partial charge in [0.05, 0.1) is 6.20 Å². The highest BCUT2D eigenvalue weighted by Gasteiger charge is 2.05. The molecule has 1 N–H and O–H groups in total. The molecular formula is C11H20N4. The van der Waals surface area contributed by atoms with E-state index in [2.05, 4.69) is 41.1 Å². The summed E-state index contributed by atoms with van der Waals surface area (Å²) < 4.78 is 0. The van der Waals surface area contributed by atoms with Gasteiger partial charge in [-0.15, -0.1) is 0 Å². The average molecular weight is 208 g/mol. The first-order valence-electron chi connectivity index (χ1n) is 5.44. The standard InChI is InChI=1S/C11H20N4/c1-4-10(2)15(3)8-7-14-11-9-12-5-6-13-11/h5-6,9-10H,4,7-8H2,1-3H3,(H,13,14). The number of hydrogen-bond acceptors (Lipinski definition) is 4. The molecule has 0 aliphatic rings. The normalized spacial score (nSPS) is 12.8. The van der Waals surface area contributed by atoms with E-state index >= 15 is 0 Å². The van der Waals surface area contributed by atoms with Gasteiger partial charge in [0, 0.05) is 31.5 Å². The molecule has 1 aromatic rings. The van der Waals surface area contributed by atoms with Crippen LogP contribution < -0.4 is 5.32 Å². The lowest BCUT2D eigenvalue weighted by molar-refractivity contribution is 0.261. The molecule has 1 atom stereocenters. The van der Waals surface area contributed by atoms with E-state index in [1.165, 1.54) is 6.42 Å². The molecule has 1 heterocycles. The Morgan fingerprint density at radius 2 is 2.27 bits per heavy atom. The number of rotatable bonds is 6. The number of likely N-dealkylation sites (N-methyl/N-ethyl adjacent to an activating group) is 1. The summed E-state index contributed by atoms with van der Waals surface area (Å²) in [5.74, 6) is 0.843. The van der Waals surface area contributed by atoms with Gasteiger partial charge in [-0.3, -0.25) is 4.98 Å². The number of aromatic nitrogens is 2. The second-order valence-corrected chi connectivity index (χ2v) is 3.76. The zero-order valence-corrected chi connectivity index (χ0v) is 9.77. The fourth-order valence-electron chi connectivity index (χ4n) is 1.28.